The molecule has 78 valence electrons. The van der Waals surface area contributed by atoms with Crippen molar-refractivity contribution in [2.45, 2.75) is 13.0 Å². The first-order valence-corrected chi connectivity index (χ1v) is 4.57. The van der Waals surface area contributed by atoms with Crippen molar-refractivity contribution in [1.82, 2.24) is 4.90 Å². The van der Waals surface area contributed by atoms with Gasteiger partial charge in [0.1, 0.15) is 0 Å². The number of methoxy groups -OCH3 is 2. The summed E-state index contributed by atoms with van der Waals surface area (Å²) in [6.07, 6.45) is -0.282. The van der Waals surface area contributed by atoms with E-state index >= 15 is 0 Å². The first kappa shape index (κ1) is 11.2. The van der Waals surface area contributed by atoms with Gasteiger partial charge in [-0.1, -0.05) is 30.3 Å². The second-order valence-electron chi connectivity index (χ2n) is 3.18. The van der Waals surface area contributed by atoms with Gasteiger partial charge in [0.2, 0.25) is 6.41 Å². The molecule has 0 unspecified atom stereocenters. The summed E-state index contributed by atoms with van der Waals surface area (Å²) in [6, 6.07) is 10.2. The van der Waals surface area contributed by atoms with Crippen LogP contribution in [0.5, 0.6) is 0 Å². The monoisotopic (exact) mass is 195 g/mol. The number of rotatable bonds is 5. The number of hydrogen-bond donors (Lipinski definition) is 0. The van der Waals surface area contributed by atoms with Crippen LogP contribution in [-0.2, 0) is 16.0 Å². The molecule has 0 aliphatic heterocycles. The van der Waals surface area contributed by atoms with Gasteiger partial charge in [-0.3, -0.25) is 4.90 Å². The summed E-state index contributed by atoms with van der Waals surface area (Å²) >= 11 is 0. The number of benzene rings is 1. The van der Waals surface area contributed by atoms with Gasteiger partial charge in [0, 0.05) is 20.8 Å². The number of nitrogens with zero attached hydrogens (tertiary/aromatic N) is 1. The van der Waals surface area contributed by atoms with Crippen LogP contribution in [0.25, 0.3) is 0 Å². The summed E-state index contributed by atoms with van der Waals surface area (Å²) in [5.41, 5.74) is 1.24. The Kier molecular flexibility index (Phi) is 4.59. The third-order valence-electron chi connectivity index (χ3n) is 2.04. The maximum atomic E-state index is 5.14. The van der Waals surface area contributed by atoms with Crippen LogP contribution in [0, 0.1) is 0 Å². The molecule has 1 aromatic carbocycles. The van der Waals surface area contributed by atoms with E-state index < -0.39 is 0 Å². The van der Waals surface area contributed by atoms with Gasteiger partial charge in [-0.2, -0.15) is 0 Å². The Balaban J connectivity index is 2.52. The SMILES string of the molecule is COC(OC)N(C)Cc1ccccc1. The fraction of sp³-hybridized carbons (Fsp3) is 0.455. The highest BCUT2D eigenvalue weighted by Crippen LogP contribution is 2.06. The predicted octanol–water partition coefficient (Wildman–Crippen LogP) is 1.69. The Labute approximate surface area is 85.2 Å². The number of hydrogen-bond acceptors (Lipinski definition) is 3. The summed E-state index contributed by atoms with van der Waals surface area (Å²) in [5.74, 6) is 0. The van der Waals surface area contributed by atoms with Crippen molar-refractivity contribution < 1.29 is 9.47 Å². The molecule has 0 bridgehead atoms. The van der Waals surface area contributed by atoms with Gasteiger partial charge >= 0.3 is 0 Å². The minimum Gasteiger partial charge on any atom is -0.343 e. The van der Waals surface area contributed by atoms with Crippen molar-refractivity contribution in [3.8, 4) is 0 Å². The molecule has 0 amide bonds. The molecule has 0 saturated carbocycles. The molecule has 3 heteroatoms. The van der Waals surface area contributed by atoms with E-state index in [-0.39, 0.29) is 6.41 Å². The molecular weight excluding hydrogens is 178 g/mol. The normalized spacial score (nSPS) is 11.2. The highest BCUT2D eigenvalue weighted by Gasteiger charge is 2.11. The zero-order chi connectivity index (χ0) is 10.4. The zero-order valence-electron chi connectivity index (χ0n) is 8.93. The summed E-state index contributed by atoms with van der Waals surface area (Å²) in [5, 5.41) is 0. The van der Waals surface area contributed by atoms with Crippen LogP contribution >= 0.6 is 0 Å². The van der Waals surface area contributed by atoms with Crippen LogP contribution in [0.1, 0.15) is 5.56 Å². The van der Waals surface area contributed by atoms with Crippen LogP contribution in [0.2, 0.25) is 0 Å². The van der Waals surface area contributed by atoms with Crippen molar-refractivity contribution in [1.29, 1.82) is 0 Å². The van der Waals surface area contributed by atoms with E-state index in [1.807, 2.05) is 30.1 Å². The molecule has 0 fully saturated rings. The van der Waals surface area contributed by atoms with Crippen molar-refractivity contribution in [2.75, 3.05) is 21.3 Å². The third kappa shape index (κ3) is 3.10. The molecule has 0 aliphatic carbocycles. The van der Waals surface area contributed by atoms with E-state index in [2.05, 4.69) is 12.1 Å². The molecule has 0 radical (unpaired) electrons. The molecule has 1 aromatic rings. The van der Waals surface area contributed by atoms with Gasteiger partial charge in [0.15, 0.2) is 0 Å². The highest BCUT2D eigenvalue weighted by atomic mass is 16.7. The molecule has 0 heterocycles. The van der Waals surface area contributed by atoms with E-state index in [4.69, 9.17) is 9.47 Å². The molecule has 3 nitrogen and oxygen atoms in total. The summed E-state index contributed by atoms with van der Waals surface area (Å²) < 4.78 is 10.3. The molecule has 0 N–H and O–H groups in total. The van der Waals surface area contributed by atoms with Gasteiger partial charge in [-0.25, -0.2) is 0 Å². The molecule has 14 heavy (non-hydrogen) atoms. The molecule has 0 saturated heterocycles. The van der Waals surface area contributed by atoms with E-state index in [9.17, 15) is 0 Å². The smallest absolute Gasteiger partial charge is 0.218 e. The van der Waals surface area contributed by atoms with Gasteiger partial charge < -0.3 is 9.47 Å². The quantitative estimate of drug-likeness (QED) is 0.667. The first-order chi connectivity index (χ1) is 6.77. The summed E-state index contributed by atoms with van der Waals surface area (Å²) in [7, 11) is 5.23. The lowest BCUT2D eigenvalue weighted by Crippen LogP contribution is -2.34. The summed E-state index contributed by atoms with van der Waals surface area (Å²) in [6.45, 7) is 0.813. The van der Waals surface area contributed by atoms with Gasteiger partial charge in [-0.15, -0.1) is 0 Å². The minimum absolute atomic E-state index is 0.282. The average Bonchev–Trinajstić information content (AvgIpc) is 2.21. The Morgan fingerprint density at radius 3 is 2.21 bits per heavy atom. The van der Waals surface area contributed by atoms with Crippen molar-refractivity contribution in [2.24, 2.45) is 0 Å². The van der Waals surface area contributed by atoms with Gasteiger partial charge in [-0.05, 0) is 12.6 Å². The molecule has 0 atom stereocenters. The molecule has 0 aromatic heterocycles. The van der Waals surface area contributed by atoms with Crippen LogP contribution < -0.4 is 0 Å². The van der Waals surface area contributed by atoms with Gasteiger partial charge in [0.05, 0.1) is 0 Å². The third-order valence-corrected chi connectivity index (χ3v) is 2.04. The van der Waals surface area contributed by atoms with E-state index in [0.29, 0.717) is 0 Å². The Morgan fingerprint density at radius 2 is 1.71 bits per heavy atom. The lowest BCUT2D eigenvalue weighted by molar-refractivity contribution is -0.190. The van der Waals surface area contributed by atoms with Crippen LogP contribution in [0.4, 0.5) is 0 Å². The second-order valence-corrected chi connectivity index (χ2v) is 3.18. The first-order valence-electron chi connectivity index (χ1n) is 4.57. The fourth-order valence-electron chi connectivity index (χ4n) is 1.40. The summed E-state index contributed by atoms with van der Waals surface area (Å²) in [4.78, 5) is 2.00. The largest absolute Gasteiger partial charge is 0.343 e. The fourth-order valence-corrected chi connectivity index (χ4v) is 1.40. The van der Waals surface area contributed by atoms with E-state index in [1.54, 1.807) is 14.2 Å². The van der Waals surface area contributed by atoms with Crippen molar-refractivity contribution >= 4 is 0 Å². The Bertz CT molecular complexity index is 247. The Morgan fingerprint density at radius 1 is 1.14 bits per heavy atom. The molecule has 0 aliphatic rings. The molecular formula is C11H17NO2. The lowest BCUT2D eigenvalue weighted by atomic mass is 10.2. The highest BCUT2D eigenvalue weighted by molar-refractivity contribution is 5.14. The average molecular weight is 195 g/mol. The van der Waals surface area contributed by atoms with Crippen molar-refractivity contribution in [3.05, 3.63) is 35.9 Å². The standard InChI is InChI=1S/C11H17NO2/c1-12(11(13-2)14-3)9-10-7-5-4-6-8-10/h4-8,11H,9H2,1-3H3. The maximum Gasteiger partial charge on any atom is 0.218 e. The van der Waals surface area contributed by atoms with E-state index in [0.717, 1.165) is 6.54 Å². The minimum atomic E-state index is -0.282. The number of ether oxygens (including phenoxy) is 2. The lowest BCUT2D eigenvalue weighted by Gasteiger charge is -2.24. The molecule has 0 spiro atoms. The van der Waals surface area contributed by atoms with Crippen molar-refractivity contribution in [3.63, 3.8) is 0 Å². The van der Waals surface area contributed by atoms with Crippen LogP contribution in [-0.4, -0.2) is 32.6 Å². The zero-order valence-corrected chi connectivity index (χ0v) is 8.93. The topological polar surface area (TPSA) is 21.7 Å². The maximum absolute atomic E-state index is 5.14. The molecule has 1 rings (SSSR count). The van der Waals surface area contributed by atoms with E-state index in [1.165, 1.54) is 5.56 Å². The second kappa shape index (κ2) is 5.75. The van der Waals surface area contributed by atoms with Gasteiger partial charge in [0.25, 0.3) is 0 Å². The van der Waals surface area contributed by atoms with Crippen LogP contribution in [0.15, 0.2) is 30.3 Å². The predicted molar refractivity (Wildman–Crippen MR) is 55.7 cm³/mol. The Hall–Kier alpha value is -0.900. The van der Waals surface area contributed by atoms with Crippen LogP contribution in [0.3, 0.4) is 0 Å².